The van der Waals surface area contributed by atoms with E-state index in [1.165, 1.54) is 25.1 Å². The molecule has 0 aliphatic heterocycles. The average molecular weight is 274 g/mol. The van der Waals surface area contributed by atoms with Crippen LogP contribution in [0.15, 0.2) is 33.9 Å². The van der Waals surface area contributed by atoms with E-state index in [-0.39, 0.29) is 16.9 Å². The largest absolute Gasteiger partial charge is 0.477 e. The van der Waals surface area contributed by atoms with Crippen molar-refractivity contribution < 1.29 is 14.7 Å². The van der Waals surface area contributed by atoms with Crippen LogP contribution in [0.2, 0.25) is 0 Å². The molecule has 1 aromatic heterocycles. The van der Waals surface area contributed by atoms with E-state index in [2.05, 4.69) is 4.98 Å². The van der Waals surface area contributed by atoms with Crippen LogP contribution in [0.25, 0.3) is 11.1 Å². The van der Waals surface area contributed by atoms with Crippen molar-refractivity contribution in [2.45, 2.75) is 6.92 Å². The fourth-order valence-electron chi connectivity index (χ4n) is 1.82. The van der Waals surface area contributed by atoms with Gasteiger partial charge in [0.05, 0.1) is 5.56 Å². The molecule has 2 rings (SSSR count). The van der Waals surface area contributed by atoms with Crippen LogP contribution in [0.4, 0.5) is 0 Å². The van der Waals surface area contributed by atoms with Gasteiger partial charge in [-0.1, -0.05) is 18.2 Å². The van der Waals surface area contributed by atoms with E-state index in [0.717, 1.165) is 0 Å². The molecule has 2 aromatic rings. The van der Waals surface area contributed by atoms with Crippen molar-refractivity contribution in [1.82, 2.24) is 9.97 Å². The van der Waals surface area contributed by atoms with Gasteiger partial charge in [0.15, 0.2) is 5.78 Å². The van der Waals surface area contributed by atoms with Crippen LogP contribution in [-0.4, -0.2) is 26.8 Å². The monoisotopic (exact) mass is 274 g/mol. The van der Waals surface area contributed by atoms with Gasteiger partial charge in [0.25, 0.3) is 5.56 Å². The zero-order chi connectivity index (χ0) is 14.9. The topological polar surface area (TPSA) is 120 Å². The van der Waals surface area contributed by atoms with Gasteiger partial charge < -0.3 is 10.1 Å². The second-order valence-corrected chi connectivity index (χ2v) is 4.10. The van der Waals surface area contributed by atoms with Crippen molar-refractivity contribution in [1.29, 1.82) is 0 Å². The van der Waals surface area contributed by atoms with Gasteiger partial charge in [0.2, 0.25) is 0 Å². The molecule has 0 saturated heterocycles. The molecule has 0 aliphatic carbocycles. The van der Waals surface area contributed by atoms with E-state index in [1.54, 1.807) is 6.07 Å². The highest BCUT2D eigenvalue weighted by Gasteiger charge is 2.18. The zero-order valence-electron chi connectivity index (χ0n) is 10.4. The third-order valence-corrected chi connectivity index (χ3v) is 2.71. The number of hydrogen-bond donors (Lipinski definition) is 3. The number of aromatic nitrogens is 2. The molecule has 20 heavy (non-hydrogen) atoms. The number of carbonyl (C=O) groups excluding carboxylic acids is 1. The Balaban J connectivity index is 2.79. The van der Waals surface area contributed by atoms with Crippen LogP contribution in [0.3, 0.4) is 0 Å². The summed E-state index contributed by atoms with van der Waals surface area (Å²) in [7, 11) is 0. The molecule has 1 heterocycles. The number of benzene rings is 1. The average Bonchev–Trinajstić information content (AvgIpc) is 2.37. The van der Waals surface area contributed by atoms with Crippen molar-refractivity contribution in [3.05, 3.63) is 56.4 Å². The minimum absolute atomic E-state index is 0.194. The third-order valence-electron chi connectivity index (χ3n) is 2.71. The maximum Gasteiger partial charge on any atom is 0.353 e. The van der Waals surface area contributed by atoms with Gasteiger partial charge in [0, 0.05) is 5.56 Å². The molecule has 0 spiro atoms. The van der Waals surface area contributed by atoms with E-state index < -0.39 is 22.9 Å². The highest BCUT2D eigenvalue weighted by atomic mass is 16.4. The molecule has 3 N–H and O–H groups in total. The third kappa shape index (κ3) is 2.41. The molecule has 0 atom stereocenters. The molecule has 102 valence electrons. The molecule has 0 bridgehead atoms. The Labute approximate surface area is 111 Å². The van der Waals surface area contributed by atoms with Crippen LogP contribution in [-0.2, 0) is 0 Å². The number of carbonyl (C=O) groups is 2. The highest BCUT2D eigenvalue weighted by molar-refractivity contribution is 5.97. The number of nitrogens with one attached hydrogen (secondary N) is 2. The van der Waals surface area contributed by atoms with E-state index in [1.807, 2.05) is 4.98 Å². The Kier molecular flexibility index (Phi) is 3.34. The summed E-state index contributed by atoms with van der Waals surface area (Å²) in [6, 6.07) is 5.97. The molecule has 0 aliphatic rings. The van der Waals surface area contributed by atoms with Crippen molar-refractivity contribution in [2.24, 2.45) is 0 Å². The van der Waals surface area contributed by atoms with Crippen LogP contribution in [0, 0.1) is 0 Å². The van der Waals surface area contributed by atoms with Gasteiger partial charge in [0.1, 0.15) is 5.69 Å². The minimum Gasteiger partial charge on any atom is -0.477 e. The first kappa shape index (κ1) is 13.5. The number of ketones is 1. The molecule has 0 amide bonds. The van der Waals surface area contributed by atoms with Crippen LogP contribution in [0.5, 0.6) is 0 Å². The normalized spacial score (nSPS) is 10.2. The predicted octanol–water partition coefficient (Wildman–Crippen LogP) is 0.631. The molecule has 1 aromatic carbocycles. The van der Waals surface area contributed by atoms with Crippen molar-refractivity contribution >= 4 is 11.8 Å². The first-order valence-electron chi connectivity index (χ1n) is 5.61. The lowest BCUT2D eigenvalue weighted by molar-refractivity contribution is 0.0690. The number of H-pyrrole nitrogens is 2. The highest BCUT2D eigenvalue weighted by Crippen LogP contribution is 2.19. The Morgan fingerprint density at radius 1 is 1.15 bits per heavy atom. The Morgan fingerprint density at radius 3 is 2.45 bits per heavy atom. The van der Waals surface area contributed by atoms with Crippen LogP contribution >= 0.6 is 0 Å². The smallest absolute Gasteiger partial charge is 0.353 e. The van der Waals surface area contributed by atoms with Gasteiger partial charge in [-0.25, -0.2) is 9.59 Å². The molecule has 7 nitrogen and oxygen atoms in total. The number of aromatic carboxylic acids is 1. The number of rotatable bonds is 3. The van der Waals surface area contributed by atoms with Gasteiger partial charge in [-0.3, -0.25) is 14.6 Å². The zero-order valence-corrected chi connectivity index (χ0v) is 10.4. The van der Waals surface area contributed by atoms with Crippen LogP contribution < -0.4 is 11.2 Å². The SMILES string of the molecule is CC(=O)c1cccc(-c2c(C(=O)O)[nH]c(=O)[nH]c2=O)c1. The fourth-order valence-corrected chi connectivity index (χ4v) is 1.82. The Morgan fingerprint density at radius 2 is 1.85 bits per heavy atom. The maximum atomic E-state index is 11.8. The lowest BCUT2D eigenvalue weighted by Crippen LogP contribution is -2.28. The standard InChI is InChI=1S/C13H10N2O5/c1-6(16)7-3-2-4-8(5-7)9-10(12(18)19)14-13(20)15-11(9)17/h2-5H,1H3,(H,18,19)(H2,14,15,17,20). The number of hydrogen-bond acceptors (Lipinski definition) is 4. The number of Topliss-reactive ketones (excluding diaryl/α,β-unsaturated/α-hetero) is 1. The van der Waals surface area contributed by atoms with Crippen molar-refractivity contribution in [3.8, 4) is 11.1 Å². The Hall–Kier alpha value is -2.96. The summed E-state index contributed by atoms with van der Waals surface area (Å²) >= 11 is 0. The lowest BCUT2D eigenvalue weighted by Gasteiger charge is -2.05. The Bertz CT molecular complexity index is 816. The molecular formula is C13H10N2O5. The second-order valence-electron chi connectivity index (χ2n) is 4.10. The fraction of sp³-hybridized carbons (Fsp3) is 0.0769. The number of carboxylic acid groups (broad SMARTS) is 1. The summed E-state index contributed by atoms with van der Waals surface area (Å²) in [5.74, 6) is -1.65. The number of carboxylic acids is 1. The summed E-state index contributed by atoms with van der Waals surface area (Å²) in [4.78, 5) is 49.5. The molecule has 0 fully saturated rings. The van der Waals surface area contributed by atoms with Gasteiger partial charge >= 0.3 is 11.7 Å². The summed E-state index contributed by atoms with van der Waals surface area (Å²) in [5, 5.41) is 9.06. The van der Waals surface area contributed by atoms with Crippen LogP contribution in [0.1, 0.15) is 27.8 Å². The summed E-state index contributed by atoms with van der Waals surface area (Å²) in [6.07, 6.45) is 0. The summed E-state index contributed by atoms with van der Waals surface area (Å²) < 4.78 is 0. The predicted molar refractivity (Wildman–Crippen MR) is 70.1 cm³/mol. The first-order valence-corrected chi connectivity index (χ1v) is 5.61. The first-order chi connectivity index (χ1) is 9.40. The van der Waals surface area contributed by atoms with Gasteiger partial charge in [-0.05, 0) is 18.6 Å². The van der Waals surface area contributed by atoms with Gasteiger partial charge in [-0.2, -0.15) is 0 Å². The number of aromatic amines is 2. The van der Waals surface area contributed by atoms with E-state index >= 15 is 0 Å². The second kappa shape index (κ2) is 4.96. The minimum atomic E-state index is -1.43. The van der Waals surface area contributed by atoms with Crippen molar-refractivity contribution in [2.75, 3.05) is 0 Å². The lowest BCUT2D eigenvalue weighted by atomic mass is 10.0. The van der Waals surface area contributed by atoms with Gasteiger partial charge in [-0.15, -0.1) is 0 Å². The molecule has 0 saturated carbocycles. The quantitative estimate of drug-likeness (QED) is 0.709. The molecular weight excluding hydrogens is 264 g/mol. The molecule has 7 heteroatoms. The van der Waals surface area contributed by atoms with E-state index in [9.17, 15) is 19.2 Å². The summed E-state index contributed by atoms with van der Waals surface area (Å²) in [5.41, 5.74) is -1.86. The maximum absolute atomic E-state index is 11.8. The molecule has 0 unspecified atom stereocenters. The summed E-state index contributed by atoms with van der Waals surface area (Å²) in [6.45, 7) is 1.36. The van der Waals surface area contributed by atoms with E-state index in [4.69, 9.17) is 5.11 Å². The van der Waals surface area contributed by atoms with E-state index in [0.29, 0.717) is 5.56 Å². The molecule has 0 radical (unpaired) electrons. The van der Waals surface area contributed by atoms with Crippen molar-refractivity contribution in [3.63, 3.8) is 0 Å².